The molecule has 0 aliphatic carbocycles. The fourth-order valence-electron chi connectivity index (χ4n) is 0.629. The van der Waals surface area contributed by atoms with Crippen molar-refractivity contribution in [3.05, 3.63) is 11.4 Å². The van der Waals surface area contributed by atoms with Crippen LogP contribution in [-0.2, 0) is 0 Å². The van der Waals surface area contributed by atoms with E-state index in [4.69, 9.17) is 0 Å². The Hall–Kier alpha value is -0.860. The van der Waals surface area contributed by atoms with Crippen LogP contribution >= 0.6 is 0 Å². The standard InChI is InChI=1S/C5H12.C4H6N2O.C2H6/c1-3-5-4-2;1-3-4(2)6-7-5-3;1-2/h3-5H2,1-2H3;1-2H3;1-2H3. The second kappa shape index (κ2) is 12.1. The lowest BCUT2D eigenvalue weighted by Gasteiger charge is -1.79. The lowest BCUT2D eigenvalue weighted by atomic mass is 10.3. The molecule has 0 atom stereocenters. The monoisotopic (exact) mass is 200 g/mol. The van der Waals surface area contributed by atoms with Gasteiger partial charge in [-0.15, -0.1) is 0 Å². The molecule has 1 aromatic heterocycles. The van der Waals surface area contributed by atoms with Crippen LogP contribution in [0.2, 0.25) is 0 Å². The molecule has 3 nitrogen and oxygen atoms in total. The van der Waals surface area contributed by atoms with Gasteiger partial charge in [0.1, 0.15) is 11.4 Å². The molecule has 0 N–H and O–H groups in total. The molecule has 0 aliphatic heterocycles. The number of hydrogen-bond acceptors (Lipinski definition) is 3. The van der Waals surface area contributed by atoms with Crippen LogP contribution in [0.15, 0.2) is 4.63 Å². The third kappa shape index (κ3) is 9.23. The summed E-state index contributed by atoms with van der Waals surface area (Å²) >= 11 is 0. The zero-order valence-electron chi connectivity index (χ0n) is 10.4. The third-order valence-corrected chi connectivity index (χ3v) is 1.59. The summed E-state index contributed by atoms with van der Waals surface area (Å²) in [7, 11) is 0. The summed E-state index contributed by atoms with van der Waals surface area (Å²) in [4.78, 5) is 0. The van der Waals surface area contributed by atoms with Gasteiger partial charge >= 0.3 is 0 Å². The molecule has 0 aliphatic rings. The van der Waals surface area contributed by atoms with Gasteiger partial charge in [-0.3, -0.25) is 0 Å². The molecule has 0 fully saturated rings. The molecule has 0 aromatic carbocycles. The highest BCUT2D eigenvalue weighted by Crippen LogP contribution is 1.94. The van der Waals surface area contributed by atoms with E-state index in [1.807, 2.05) is 27.7 Å². The van der Waals surface area contributed by atoms with E-state index in [9.17, 15) is 0 Å². The molecule has 0 unspecified atom stereocenters. The number of nitrogens with zero attached hydrogens (tertiary/aromatic N) is 2. The fourth-order valence-corrected chi connectivity index (χ4v) is 0.629. The Labute approximate surface area is 87.9 Å². The molecular formula is C11H24N2O. The number of aryl methyl sites for hydroxylation is 2. The van der Waals surface area contributed by atoms with Crippen LogP contribution in [0, 0.1) is 13.8 Å². The molecule has 1 rings (SSSR count). The number of rotatable bonds is 2. The molecule has 84 valence electrons. The minimum Gasteiger partial charge on any atom is -0.244 e. The van der Waals surface area contributed by atoms with E-state index >= 15 is 0 Å². The van der Waals surface area contributed by atoms with Crippen LogP contribution in [0.4, 0.5) is 0 Å². The average molecular weight is 200 g/mol. The van der Waals surface area contributed by atoms with Gasteiger partial charge in [-0.1, -0.05) is 57.3 Å². The Balaban J connectivity index is 0. The molecule has 3 heteroatoms. The second-order valence-corrected chi connectivity index (χ2v) is 2.79. The van der Waals surface area contributed by atoms with Gasteiger partial charge in [0.2, 0.25) is 0 Å². The van der Waals surface area contributed by atoms with Gasteiger partial charge in [-0.2, -0.15) is 0 Å². The van der Waals surface area contributed by atoms with E-state index < -0.39 is 0 Å². The van der Waals surface area contributed by atoms with Gasteiger partial charge in [0.15, 0.2) is 0 Å². The molecule has 0 saturated carbocycles. The minimum atomic E-state index is 0.861. The summed E-state index contributed by atoms with van der Waals surface area (Å²) < 4.78 is 4.34. The zero-order valence-corrected chi connectivity index (χ0v) is 10.4. The van der Waals surface area contributed by atoms with E-state index in [-0.39, 0.29) is 0 Å². The lowest BCUT2D eigenvalue weighted by Crippen LogP contribution is -1.71. The third-order valence-electron chi connectivity index (χ3n) is 1.59. The Kier molecular flexibility index (Phi) is 13.5. The lowest BCUT2D eigenvalue weighted by molar-refractivity contribution is 0.302. The number of aromatic nitrogens is 2. The van der Waals surface area contributed by atoms with Crippen LogP contribution in [0.3, 0.4) is 0 Å². The molecule has 1 heterocycles. The number of unbranched alkanes of at least 4 members (excludes halogenated alkanes) is 2. The second-order valence-electron chi connectivity index (χ2n) is 2.79. The van der Waals surface area contributed by atoms with Gasteiger partial charge in [-0.25, -0.2) is 4.63 Å². The first-order valence-corrected chi connectivity index (χ1v) is 5.48. The molecule has 0 spiro atoms. The van der Waals surface area contributed by atoms with E-state index in [1.165, 1.54) is 19.3 Å². The van der Waals surface area contributed by atoms with E-state index in [2.05, 4.69) is 28.8 Å². The van der Waals surface area contributed by atoms with Gasteiger partial charge < -0.3 is 0 Å². The first kappa shape index (κ1) is 15.6. The summed E-state index contributed by atoms with van der Waals surface area (Å²) in [5, 5.41) is 7.06. The fraction of sp³-hybridized carbons (Fsp3) is 0.818. The Morgan fingerprint density at radius 3 is 1.36 bits per heavy atom. The van der Waals surface area contributed by atoms with Crippen molar-refractivity contribution in [1.82, 2.24) is 10.3 Å². The van der Waals surface area contributed by atoms with Crippen LogP contribution < -0.4 is 0 Å². The van der Waals surface area contributed by atoms with Crippen LogP contribution in [0.25, 0.3) is 0 Å². The smallest absolute Gasteiger partial charge is 0.104 e. The van der Waals surface area contributed by atoms with Crippen LogP contribution in [0.5, 0.6) is 0 Å². The normalized spacial score (nSPS) is 8.14. The maximum atomic E-state index is 4.34. The van der Waals surface area contributed by atoms with Crippen LogP contribution in [-0.4, -0.2) is 10.3 Å². The Bertz CT molecular complexity index is 178. The SMILES string of the molecule is CC.CCCCC.Cc1nonc1C. The molecule has 0 amide bonds. The van der Waals surface area contributed by atoms with E-state index in [0.29, 0.717) is 0 Å². The molecule has 14 heavy (non-hydrogen) atoms. The molecular weight excluding hydrogens is 176 g/mol. The summed E-state index contributed by atoms with van der Waals surface area (Å²) in [5.74, 6) is 0. The summed E-state index contributed by atoms with van der Waals surface area (Å²) in [6.07, 6.45) is 4.08. The van der Waals surface area contributed by atoms with Crippen molar-refractivity contribution < 1.29 is 4.63 Å². The summed E-state index contributed by atoms with van der Waals surface area (Å²) in [6.45, 7) is 12.1. The van der Waals surface area contributed by atoms with E-state index in [0.717, 1.165) is 11.4 Å². The number of hydrogen-bond donors (Lipinski definition) is 0. The highest BCUT2D eigenvalue weighted by atomic mass is 16.6. The predicted octanol–water partition coefficient (Wildman–Crippen LogP) is 3.91. The largest absolute Gasteiger partial charge is 0.244 e. The van der Waals surface area contributed by atoms with Gasteiger partial charge in [0.25, 0.3) is 0 Å². The van der Waals surface area contributed by atoms with Crippen molar-refractivity contribution >= 4 is 0 Å². The summed E-state index contributed by atoms with van der Waals surface area (Å²) in [6, 6.07) is 0. The molecule has 0 saturated heterocycles. The molecule has 0 radical (unpaired) electrons. The topological polar surface area (TPSA) is 38.9 Å². The maximum Gasteiger partial charge on any atom is 0.104 e. The average Bonchev–Trinajstić information content (AvgIpc) is 2.57. The zero-order chi connectivity index (χ0) is 11.4. The van der Waals surface area contributed by atoms with Crippen molar-refractivity contribution in [2.75, 3.05) is 0 Å². The van der Waals surface area contributed by atoms with Crippen molar-refractivity contribution in [1.29, 1.82) is 0 Å². The first-order chi connectivity index (χ1) is 6.72. The van der Waals surface area contributed by atoms with Gasteiger partial charge in [0, 0.05) is 0 Å². The predicted molar refractivity (Wildman–Crippen MR) is 60.3 cm³/mol. The van der Waals surface area contributed by atoms with E-state index in [1.54, 1.807) is 0 Å². The van der Waals surface area contributed by atoms with Crippen molar-refractivity contribution in [2.45, 2.75) is 60.8 Å². The Morgan fingerprint density at radius 2 is 1.29 bits per heavy atom. The van der Waals surface area contributed by atoms with Crippen molar-refractivity contribution in [2.24, 2.45) is 0 Å². The molecule has 0 bridgehead atoms. The van der Waals surface area contributed by atoms with Crippen molar-refractivity contribution in [3.63, 3.8) is 0 Å². The Morgan fingerprint density at radius 1 is 0.929 bits per heavy atom. The quantitative estimate of drug-likeness (QED) is 0.726. The summed E-state index contributed by atoms with van der Waals surface area (Å²) in [5.41, 5.74) is 1.72. The van der Waals surface area contributed by atoms with Gasteiger partial charge in [0.05, 0.1) is 0 Å². The van der Waals surface area contributed by atoms with Crippen LogP contribution in [0.1, 0.15) is 58.3 Å². The maximum absolute atomic E-state index is 4.34. The molecule has 1 aromatic rings. The highest BCUT2D eigenvalue weighted by molar-refractivity contribution is 5.00. The van der Waals surface area contributed by atoms with Crippen molar-refractivity contribution in [3.8, 4) is 0 Å². The van der Waals surface area contributed by atoms with Gasteiger partial charge in [-0.05, 0) is 13.8 Å². The minimum absolute atomic E-state index is 0.861. The highest BCUT2D eigenvalue weighted by Gasteiger charge is 1.93. The first-order valence-electron chi connectivity index (χ1n) is 5.48.